The number of nitrogens with zero attached hydrogens (tertiary/aromatic N) is 2. The molecule has 1 heterocycles. The number of benzene rings is 1. The van der Waals surface area contributed by atoms with Crippen LogP contribution in [0.4, 0.5) is 11.8 Å². The molecular formula is C18H18ClN5O5S. The highest BCUT2D eigenvalue weighted by Crippen LogP contribution is 2.56. The third-order valence-corrected chi connectivity index (χ3v) is 6.67. The van der Waals surface area contributed by atoms with Gasteiger partial charge >= 0.3 is 0 Å². The van der Waals surface area contributed by atoms with Crippen molar-refractivity contribution in [3.63, 3.8) is 0 Å². The third-order valence-electron chi connectivity index (χ3n) is 5.42. The number of primary sulfonamides is 1. The van der Waals surface area contributed by atoms with Crippen molar-refractivity contribution < 1.29 is 23.7 Å². The topological polar surface area (TPSA) is 185 Å². The van der Waals surface area contributed by atoms with E-state index in [1.54, 1.807) is 6.07 Å². The van der Waals surface area contributed by atoms with Gasteiger partial charge in [0.05, 0.1) is 17.0 Å². The molecule has 10 nitrogen and oxygen atoms in total. The van der Waals surface area contributed by atoms with E-state index in [0.29, 0.717) is 6.42 Å². The largest absolute Gasteiger partial charge is 0.390 e. The average molecular weight is 452 g/mol. The van der Waals surface area contributed by atoms with Crippen LogP contribution in [0.1, 0.15) is 17.5 Å². The summed E-state index contributed by atoms with van der Waals surface area (Å²) in [7, 11) is -3.99. The molecule has 4 rings (SSSR count). The molecule has 5 unspecified atom stereocenters. The van der Waals surface area contributed by atoms with Gasteiger partial charge in [-0.25, -0.2) is 13.6 Å². The van der Waals surface area contributed by atoms with Crippen molar-refractivity contribution in [2.45, 2.75) is 35.2 Å². The number of rotatable bonds is 3. The van der Waals surface area contributed by atoms with Crippen LogP contribution in [-0.4, -0.2) is 57.6 Å². The molecule has 0 amide bonds. The van der Waals surface area contributed by atoms with Crippen molar-refractivity contribution in [1.29, 1.82) is 0 Å². The van der Waals surface area contributed by atoms with E-state index in [1.807, 2.05) is 0 Å². The lowest BCUT2D eigenvalue weighted by atomic mass is 10.1. The van der Waals surface area contributed by atoms with Gasteiger partial charge in [-0.15, -0.1) is 0 Å². The highest BCUT2D eigenvalue weighted by atomic mass is 35.5. The number of nitrogens with two attached hydrogens (primary N) is 2. The summed E-state index contributed by atoms with van der Waals surface area (Å²) in [5.41, 5.74) is 4.38. The van der Waals surface area contributed by atoms with Crippen LogP contribution in [-0.2, 0) is 10.0 Å². The third kappa shape index (κ3) is 3.37. The average Bonchev–Trinajstić information content (AvgIpc) is 3.07. The first-order valence-corrected chi connectivity index (χ1v) is 10.8. The smallest absolute Gasteiger partial charge is 0.239 e. The standard InChI is InChI=1S/C18H18ClN5O5S/c19-15-9(6-5-8-3-1-2-4-12(8)30(21,28)29)16(24-17(20)23-15)22-11-7-10-13(25)18(10,27)14(11)26/h1-4,10-11,13-14,25-27H,7H2,(H2,21,28,29)(H3,20,22,23,24). The van der Waals surface area contributed by atoms with Gasteiger partial charge in [0.15, 0.2) is 5.15 Å². The number of nitrogen functional groups attached to an aromatic ring is 1. The Morgan fingerprint density at radius 3 is 2.53 bits per heavy atom. The molecule has 30 heavy (non-hydrogen) atoms. The SMILES string of the molecule is Nc1nc(Cl)c(C#Cc2ccccc2S(N)(=O)=O)c(NC2CC3C(O)C3(O)C2O)n1. The van der Waals surface area contributed by atoms with E-state index in [4.69, 9.17) is 22.5 Å². The molecular weight excluding hydrogens is 434 g/mol. The lowest BCUT2D eigenvalue weighted by molar-refractivity contribution is -0.0262. The maximum atomic E-state index is 11.8. The second-order valence-electron chi connectivity index (χ2n) is 7.26. The second kappa shape index (κ2) is 7.05. The van der Waals surface area contributed by atoms with E-state index < -0.39 is 39.8 Å². The molecule has 1 aromatic heterocycles. The van der Waals surface area contributed by atoms with Crippen LogP contribution < -0.4 is 16.2 Å². The second-order valence-corrected chi connectivity index (χ2v) is 9.15. The number of anilines is 2. The summed E-state index contributed by atoms with van der Waals surface area (Å²) >= 11 is 6.17. The number of halogens is 1. The van der Waals surface area contributed by atoms with Crippen molar-refractivity contribution >= 4 is 33.4 Å². The van der Waals surface area contributed by atoms with Crippen molar-refractivity contribution in [2.24, 2.45) is 11.1 Å². The number of aliphatic hydroxyl groups is 3. The monoisotopic (exact) mass is 451 g/mol. The van der Waals surface area contributed by atoms with Crippen LogP contribution >= 0.6 is 11.6 Å². The quantitative estimate of drug-likeness (QED) is 0.252. The zero-order valence-electron chi connectivity index (χ0n) is 15.3. The Morgan fingerprint density at radius 2 is 1.90 bits per heavy atom. The van der Waals surface area contributed by atoms with Gasteiger partial charge in [0.25, 0.3) is 0 Å². The number of hydrogen-bond acceptors (Lipinski definition) is 9. The van der Waals surface area contributed by atoms with Gasteiger partial charge in [0.1, 0.15) is 23.1 Å². The van der Waals surface area contributed by atoms with E-state index in [-0.39, 0.29) is 32.9 Å². The number of sulfonamides is 1. The Kier molecular flexibility index (Phi) is 4.89. The molecule has 0 spiro atoms. The number of nitrogens with one attached hydrogen (secondary N) is 1. The highest BCUT2D eigenvalue weighted by molar-refractivity contribution is 7.89. The predicted octanol–water partition coefficient (Wildman–Crippen LogP) is -0.974. The molecule has 5 atom stereocenters. The van der Waals surface area contributed by atoms with Crippen LogP contribution in [0, 0.1) is 17.8 Å². The van der Waals surface area contributed by atoms with E-state index in [1.165, 1.54) is 18.2 Å². The molecule has 0 aliphatic heterocycles. The summed E-state index contributed by atoms with van der Waals surface area (Å²) in [5, 5.41) is 38.4. The minimum atomic E-state index is -3.99. The van der Waals surface area contributed by atoms with E-state index in [9.17, 15) is 23.7 Å². The van der Waals surface area contributed by atoms with Crippen LogP contribution in [0.15, 0.2) is 29.2 Å². The molecule has 8 N–H and O–H groups in total. The Labute approximate surface area is 177 Å². The van der Waals surface area contributed by atoms with Crippen LogP contribution in [0.5, 0.6) is 0 Å². The van der Waals surface area contributed by atoms with Gasteiger partial charge in [-0.05, 0) is 18.6 Å². The lowest BCUT2D eigenvalue weighted by Gasteiger charge is -2.24. The van der Waals surface area contributed by atoms with Gasteiger partial charge in [-0.1, -0.05) is 35.6 Å². The molecule has 1 aromatic carbocycles. The molecule has 2 aliphatic carbocycles. The zero-order chi connectivity index (χ0) is 21.8. The maximum absolute atomic E-state index is 11.8. The van der Waals surface area contributed by atoms with Gasteiger partial charge < -0.3 is 26.4 Å². The van der Waals surface area contributed by atoms with Crippen molar-refractivity contribution in [2.75, 3.05) is 11.1 Å². The van der Waals surface area contributed by atoms with Crippen LogP contribution in [0.25, 0.3) is 0 Å². The Bertz CT molecular complexity index is 1200. The Hall–Kier alpha value is -2.46. The Morgan fingerprint density at radius 1 is 1.20 bits per heavy atom. The van der Waals surface area contributed by atoms with Gasteiger partial charge in [0, 0.05) is 11.5 Å². The Balaban J connectivity index is 1.69. The number of aliphatic hydroxyl groups excluding tert-OH is 2. The molecule has 2 saturated carbocycles. The minimum absolute atomic E-state index is 0.0815. The van der Waals surface area contributed by atoms with Gasteiger partial charge in [0.2, 0.25) is 16.0 Å². The first-order chi connectivity index (χ1) is 14.0. The highest BCUT2D eigenvalue weighted by Gasteiger charge is 2.74. The van der Waals surface area contributed by atoms with E-state index in [2.05, 4.69) is 27.1 Å². The lowest BCUT2D eigenvalue weighted by Crippen LogP contribution is -2.42. The molecule has 2 aliphatic rings. The van der Waals surface area contributed by atoms with Crippen molar-refractivity contribution in [3.05, 3.63) is 40.5 Å². The summed E-state index contributed by atoms with van der Waals surface area (Å²) < 4.78 is 23.5. The molecule has 0 radical (unpaired) electrons. The fourth-order valence-electron chi connectivity index (χ4n) is 3.81. The zero-order valence-corrected chi connectivity index (χ0v) is 16.9. The number of hydrogen-bond donors (Lipinski definition) is 6. The minimum Gasteiger partial charge on any atom is -0.390 e. The molecule has 12 heteroatoms. The van der Waals surface area contributed by atoms with Crippen LogP contribution in [0.2, 0.25) is 5.15 Å². The van der Waals surface area contributed by atoms with Crippen molar-refractivity contribution in [3.8, 4) is 11.8 Å². The van der Waals surface area contributed by atoms with Gasteiger partial charge in [-0.2, -0.15) is 9.97 Å². The summed E-state index contributed by atoms with van der Waals surface area (Å²) in [6.07, 6.45) is -1.92. The first kappa shape index (κ1) is 20.8. The van der Waals surface area contributed by atoms with Crippen LogP contribution in [0.3, 0.4) is 0 Å². The summed E-state index contributed by atoms with van der Waals surface area (Å²) in [6, 6.07) is 5.30. The van der Waals surface area contributed by atoms with Crippen molar-refractivity contribution in [1.82, 2.24) is 9.97 Å². The maximum Gasteiger partial charge on any atom is 0.239 e. The first-order valence-electron chi connectivity index (χ1n) is 8.85. The summed E-state index contributed by atoms with van der Waals surface area (Å²) in [6.45, 7) is 0. The molecule has 158 valence electrons. The van der Waals surface area contributed by atoms with E-state index >= 15 is 0 Å². The fraction of sp³-hybridized carbons (Fsp3) is 0.333. The fourth-order valence-corrected chi connectivity index (χ4v) is 4.73. The number of fused-ring (bicyclic) bond motifs is 1. The normalized spacial score (nSPS) is 29.6. The predicted molar refractivity (Wildman–Crippen MR) is 108 cm³/mol. The molecule has 0 bridgehead atoms. The summed E-state index contributed by atoms with van der Waals surface area (Å²) in [5.74, 6) is 4.94. The molecule has 0 saturated heterocycles. The molecule has 2 fully saturated rings. The number of aromatic nitrogens is 2. The molecule has 2 aromatic rings. The van der Waals surface area contributed by atoms with E-state index in [0.717, 1.165) is 0 Å². The van der Waals surface area contributed by atoms with Gasteiger partial charge in [-0.3, -0.25) is 0 Å². The summed E-state index contributed by atoms with van der Waals surface area (Å²) in [4.78, 5) is 7.77.